The van der Waals surface area contributed by atoms with Gasteiger partial charge >= 0.3 is 0 Å². The van der Waals surface area contributed by atoms with Crippen molar-refractivity contribution in [1.29, 1.82) is 0 Å². The van der Waals surface area contributed by atoms with E-state index in [1.807, 2.05) is 29.2 Å². The van der Waals surface area contributed by atoms with E-state index in [0.717, 1.165) is 31.4 Å². The number of rotatable bonds is 6. The molecule has 2 aliphatic rings. The Morgan fingerprint density at radius 2 is 2.04 bits per heavy atom. The van der Waals surface area contributed by atoms with Crippen molar-refractivity contribution in [3.63, 3.8) is 0 Å². The van der Waals surface area contributed by atoms with Gasteiger partial charge in [0.05, 0.1) is 13.2 Å². The summed E-state index contributed by atoms with van der Waals surface area (Å²) in [5.74, 6) is 1.28. The smallest absolute Gasteiger partial charge is 0.224 e. The molecule has 2 amide bonds. The second-order valence-corrected chi connectivity index (χ2v) is 6.48. The summed E-state index contributed by atoms with van der Waals surface area (Å²) in [4.78, 5) is 25.9. The number of methoxy groups -OCH3 is 1. The monoisotopic (exact) mass is 316 g/mol. The lowest BCUT2D eigenvalue weighted by Crippen LogP contribution is -2.42. The van der Waals surface area contributed by atoms with Crippen LogP contribution in [0.2, 0.25) is 0 Å². The van der Waals surface area contributed by atoms with Gasteiger partial charge in [0.1, 0.15) is 5.75 Å². The Kier molecular flexibility index (Phi) is 4.84. The van der Waals surface area contributed by atoms with Crippen LogP contribution in [0.5, 0.6) is 5.75 Å². The molecule has 1 aromatic rings. The quantitative estimate of drug-likeness (QED) is 0.870. The summed E-state index contributed by atoms with van der Waals surface area (Å²) in [5.41, 5.74) is 1.18. The van der Waals surface area contributed by atoms with Crippen molar-refractivity contribution in [2.45, 2.75) is 38.1 Å². The minimum absolute atomic E-state index is 0.0218. The lowest BCUT2D eigenvalue weighted by Gasteiger charge is -2.26. The molecule has 1 atom stereocenters. The highest BCUT2D eigenvalue weighted by molar-refractivity contribution is 5.83. The molecule has 0 spiro atoms. The Hall–Kier alpha value is -2.04. The zero-order chi connectivity index (χ0) is 16.2. The van der Waals surface area contributed by atoms with E-state index in [-0.39, 0.29) is 23.8 Å². The largest absolute Gasteiger partial charge is 0.497 e. The van der Waals surface area contributed by atoms with Crippen LogP contribution in [0.3, 0.4) is 0 Å². The van der Waals surface area contributed by atoms with Crippen molar-refractivity contribution >= 4 is 11.8 Å². The van der Waals surface area contributed by atoms with Crippen LogP contribution < -0.4 is 10.1 Å². The van der Waals surface area contributed by atoms with E-state index in [1.165, 1.54) is 5.56 Å². The highest BCUT2D eigenvalue weighted by atomic mass is 16.5. The van der Waals surface area contributed by atoms with Gasteiger partial charge in [0.25, 0.3) is 0 Å². The third kappa shape index (κ3) is 3.84. The van der Waals surface area contributed by atoms with E-state index in [0.29, 0.717) is 19.5 Å². The summed E-state index contributed by atoms with van der Waals surface area (Å²) >= 11 is 0. The highest BCUT2D eigenvalue weighted by Gasteiger charge is 2.33. The molecule has 5 heteroatoms. The van der Waals surface area contributed by atoms with Gasteiger partial charge < -0.3 is 15.0 Å². The number of nitrogens with one attached hydrogen (secondary N) is 1. The van der Waals surface area contributed by atoms with Gasteiger partial charge in [0.15, 0.2) is 0 Å². The van der Waals surface area contributed by atoms with Gasteiger partial charge in [0.2, 0.25) is 11.8 Å². The van der Waals surface area contributed by atoms with Gasteiger partial charge in [-0.25, -0.2) is 0 Å². The van der Waals surface area contributed by atoms with E-state index in [4.69, 9.17) is 4.74 Å². The summed E-state index contributed by atoms with van der Waals surface area (Å²) in [5, 5.41) is 3.04. The number of nitrogens with zero attached hydrogens (tertiary/aromatic N) is 1. The van der Waals surface area contributed by atoms with Crippen LogP contribution >= 0.6 is 0 Å². The molecule has 23 heavy (non-hydrogen) atoms. The molecule has 2 fully saturated rings. The predicted octanol–water partition coefficient (Wildman–Crippen LogP) is 1.75. The minimum Gasteiger partial charge on any atom is -0.497 e. The first-order chi connectivity index (χ1) is 11.2. The Balaban J connectivity index is 1.46. The molecule has 1 saturated carbocycles. The maximum absolute atomic E-state index is 12.1. The minimum atomic E-state index is -0.0218. The van der Waals surface area contributed by atoms with Gasteiger partial charge in [-0.2, -0.15) is 0 Å². The number of ether oxygens (including phenoxy) is 1. The molecule has 0 bridgehead atoms. The van der Waals surface area contributed by atoms with E-state index < -0.39 is 0 Å². The van der Waals surface area contributed by atoms with E-state index in [9.17, 15) is 9.59 Å². The first-order valence-electron chi connectivity index (χ1n) is 8.37. The van der Waals surface area contributed by atoms with Crippen LogP contribution in [0, 0.1) is 5.92 Å². The first kappa shape index (κ1) is 15.8. The average Bonchev–Trinajstić information content (AvgIpc) is 2.83. The van der Waals surface area contributed by atoms with Gasteiger partial charge in [0, 0.05) is 25.4 Å². The number of amides is 2. The predicted molar refractivity (Wildman–Crippen MR) is 87.2 cm³/mol. The second-order valence-electron chi connectivity index (χ2n) is 6.48. The number of hydrogen-bond donors (Lipinski definition) is 1. The highest BCUT2D eigenvalue weighted by Crippen LogP contribution is 2.26. The number of carbonyl (C=O) groups excluding carboxylic acids is 2. The van der Waals surface area contributed by atoms with E-state index in [2.05, 4.69) is 5.32 Å². The molecule has 0 aromatic heterocycles. The molecule has 0 unspecified atom stereocenters. The number of hydrogen-bond acceptors (Lipinski definition) is 3. The number of likely N-dealkylation sites (tertiary alicyclic amines) is 1. The van der Waals surface area contributed by atoms with Gasteiger partial charge in [-0.3, -0.25) is 9.59 Å². The topological polar surface area (TPSA) is 58.6 Å². The van der Waals surface area contributed by atoms with Crippen LogP contribution in [0.1, 0.15) is 31.2 Å². The Labute approximate surface area is 137 Å². The molecule has 1 aliphatic carbocycles. The third-order valence-electron chi connectivity index (χ3n) is 4.87. The number of carbonyl (C=O) groups is 2. The maximum Gasteiger partial charge on any atom is 0.224 e. The molecule has 124 valence electrons. The van der Waals surface area contributed by atoms with Crippen LogP contribution in [0.4, 0.5) is 0 Å². The molecular formula is C18H24N2O3. The van der Waals surface area contributed by atoms with Crippen LogP contribution in [0.25, 0.3) is 0 Å². The third-order valence-corrected chi connectivity index (χ3v) is 4.87. The fourth-order valence-electron chi connectivity index (χ4n) is 3.13. The lowest BCUT2D eigenvalue weighted by atomic mass is 9.84. The molecule has 3 rings (SSSR count). The average molecular weight is 316 g/mol. The maximum atomic E-state index is 12.1. The first-order valence-corrected chi connectivity index (χ1v) is 8.37. The van der Waals surface area contributed by atoms with E-state index >= 15 is 0 Å². The zero-order valence-electron chi connectivity index (χ0n) is 13.6. The Morgan fingerprint density at radius 1 is 1.30 bits per heavy atom. The van der Waals surface area contributed by atoms with Crippen LogP contribution in [-0.2, 0) is 16.0 Å². The molecule has 1 aromatic carbocycles. The molecule has 1 aliphatic heterocycles. The summed E-state index contributed by atoms with van der Waals surface area (Å²) in [6.45, 7) is 1.33. The van der Waals surface area contributed by atoms with Crippen molar-refractivity contribution < 1.29 is 14.3 Å². The SMILES string of the molecule is COc1ccc(CCN2C[C@@H](NC(=O)C3CCC3)CC2=O)cc1. The molecule has 1 N–H and O–H groups in total. The van der Waals surface area contributed by atoms with Crippen molar-refractivity contribution in [1.82, 2.24) is 10.2 Å². The fraction of sp³-hybridized carbons (Fsp3) is 0.556. The zero-order valence-corrected chi connectivity index (χ0v) is 13.6. The fourth-order valence-corrected chi connectivity index (χ4v) is 3.13. The molecular weight excluding hydrogens is 292 g/mol. The number of benzene rings is 1. The molecule has 0 radical (unpaired) electrons. The molecule has 1 heterocycles. The van der Waals surface area contributed by atoms with Crippen LogP contribution in [-0.4, -0.2) is 43.0 Å². The van der Waals surface area contributed by atoms with Gasteiger partial charge in [-0.15, -0.1) is 0 Å². The standard InChI is InChI=1S/C18H24N2O3/c1-23-16-7-5-13(6-8-16)9-10-20-12-15(11-17(20)21)19-18(22)14-3-2-4-14/h5-8,14-15H,2-4,9-12H2,1H3,(H,19,22)/t15-/m0/s1. The Bertz CT molecular complexity index is 566. The van der Waals surface area contributed by atoms with Crippen LogP contribution in [0.15, 0.2) is 24.3 Å². The molecule has 5 nitrogen and oxygen atoms in total. The summed E-state index contributed by atoms with van der Waals surface area (Å²) in [6.07, 6.45) is 4.39. The van der Waals surface area contributed by atoms with Gasteiger partial charge in [-0.1, -0.05) is 18.6 Å². The van der Waals surface area contributed by atoms with Crippen molar-refractivity contribution in [2.75, 3.05) is 20.2 Å². The van der Waals surface area contributed by atoms with Crippen molar-refractivity contribution in [3.05, 3.63) is 29.8 Å². The van der Waals surface area contributed by atoms with Crippen molar-refractivity contribution in [3.8, 4) is 5.75 Å². The van der Waals surface area contributed by atoms with E-state index in [1.54, 1.807) is 7.11 Å². The van der Waals surface area contributed by atoms with Gasteiger partial charge in [-0.05, 0) is 37.0 Å². The normalized spacial score (nSPS) is 21.2. The Morgan fingerprint density at radius 3 is 2.65 bits per heavy atom. The summed E-state index contributed by atoms with van der Waals surface area (Å²) < 4.78 is 5.14. The summed E-state index contributed by atoms with van der Waals surface area (Å²) in [6, 6.07) is 7.89. The molecule has 1 saturated heterocycles. The van der Waals surface area contributed by atoms with Crippen molar-refractivity contribution in [2.24, 2.45) is 5.92 Å². The lowest BCUT2D eigenvalue weighted by molar-refractivity contribution is -0.128. The second kappa shape index (κ2) is 7.02. The summed E-state index contributed by atoms with van der Waals surface area (Å²) in [7, 11) is 1.65.